The molecule has 0 spiro atoms. The topological polar surface area (TPSA) is 123 Å². The third-order valence-corrected chi connectivity index (χ3v) is 9.28. The number of aromatic nitrogens is 1. The maximum absolute atomic E-state index is 13.7. The first-order valence-electron chi connectivity index (χ1n) is 15.2. The number of carboxylic acid groups (broad SMARTS) is 1. The molecule has 9 nitrogen and oxygen atoms in total. The lowest BCUT2D eigenvalue weighted by molar-refractivity contribution is -0.121. The summed E-state index contributed by atoms with van der Waals surface area (Å²) in [5.74, 6) is -0.418. The molecule has 2 aliphatic rings. The van der Waals surface area contributed by atoms with Crippen LogP contribution in [0.25, 0.3) is 11.0 Å². The van der Waals surface area contributed by atoms with E-state index in [1.54, 1.807) is 30.3 Å². The van der Waals surface area contributed by atoms with Gasteiger partial charge in [-0.15, -0.1) is 0 Å². The Bertz CT molecular complexity index is 1700. The molecule has 3 heterocycles. The van der Waals surface area contributed by atoms with E-state index in [0.29, 0.717) is 45.4 Å². The SMILES string of the molecule is C[C@H](C(=O)Nc1ccc(C(=O)O)cc1NC[C@@H]1CCO1)C1CCC(c2cccc(OCc3ccc(Cl)c4cc(F)oc34)n2)CC1. The van der Waals surface area contributed by atoms with Gasteiger partial charge in [-0.1, -0.05) is 30.7 Å². The molecule has 3 N–H and O–H groups in total. The van der Waals surface area contributed by atoms with Gasteiger partial charge in [-0.2, -0.15) is 4.39 Å². The molecule has 1 amide bonds. The van der Waals surface area contributed by atoms with Gasteiger partial charge < -0.3 is 29.6 Å². The Morgan fingerprint density at radius 3 is 2.62 bits per heavy atom. The van der Waals surface area contributed by atoms with Gasteiger partial charge >= 0.3 is 5.97 Å². The van der Waals surface area contributed by atoms with E-state index in [1.807, 2.05) is 19.1 Å². The molecule has 0 radical (unpaired) electrons. The van der Waals surface area contributed by atoms with Crippen molar-refractivity contribution >= 4 is 45.8 Å². The van der Waals surface area contributed by atoms with Gasteiger partial charge in [0.15, 0.2) is 0 Å². The van der Waals surface area contributed by atoms with Crippen molar-refractivity contribution in [3.63, 3.8) is 0 Å². The molecule has 2 aromatic heterocycles. The summed E-state index contributed by atoms with van der Waals surface area (Å²) in [6, 6.07) is 14.4. The molecular weight excluding hydrogens is 601 g/mol. The van der Waals surface area contributed by atoms with Gasteiger partial charge in [0.2, 0.25) is 11.8 Å². The summed E-state index contributed by atoms with van der Waals surface area (Å²) >= 11 is 6.17. The van der Waals surface area contributed by atoms with Crippen molar-refractivity contribution < 1.29 is 33.0 Å². The minimum absolute atomic E-state index is 0.0834. The number of pyridine rings is 1. The number of halogens is 2. The van der Waals surface area contributed by atoms with E-state index in [-0.39, 0.29) is 41.9 Å². The lowest BCUT2D eigenvalue weighted by Crippen LogP contribution is -2.34. The fourth-order valence-corrected chi connectivity index (χ4v) is 6.30. The van der Waals surface area contributed by atoms with Crippen LogP contribution >= 0.6 is 11.6 Å². The molecule has 0 bridgehead atoms. The second kappa shape index (κ2) is 13.5. The van der Waals surface area contributed by atoms with Crippen LogP contribution in [0.1, 0.15) is 66.6 Å². The minimum atomic E-state index is -1.03. The van der Waals surface area contributed by atoms with Gasteiger partial charge in [0.25, 0.3) is 6.01 Å². The smallest absolute Gasteiger partial charge is 0.335 e. The number of benzene rings is 2. The first-order chi connectivity index (χ1) is 21.7. The van der Waals surface area contributed by atoms with Gasteiger partial charge in [-0.05, 0) is 68.4 Å². The molecule has 2 atom stereocenters. The monoisotopic (exact) mass is 635 g/mol. The molecule has 236 valence electrons. The number of nitrogens with zero attached hydrogens (tertiary/aromatic N) is 1. The Morgan fingerprint density at radius 1 is 1.09 bits per heavy atom. The zero-order valence-electron chi connectivity index (χ0n) is 24.9. The Morgan fingerprint density at radius 2 is 1.89 bits per heavy atom. The average molecular weight is 636 g/mol. The predicted molar refractivity (Wildman–Crippen MR) is 168 cm³/mol. The van der Waals surface area contributed by atoms with E-state index in [1.165, 1.54) is 12.1 Å². The molecule has 1 aliphatic heterocycles. The van der Waals surface area contributed by atoms with Crippen molar-refractivity contribution in [3.8, 4) is 5.88 Å². The lowest BCUT2D eigenvalue weighted by Gasteiger charge is -2.32. The summed E-state index contributed by atoms with van der Waals surface area (Å²) in [5.41, 5.74) is 3.25. The van der Waals surface area contributed by atoms with Crippen LogP contribution in [0.3, 0.4) is 0 Å². The molecule has 2 aromatic carbocycles. The van der Waals surface area contributed by atoms with E-state index in [4.69, 9.17) is 30.5 Å². The number of hydrogen-bond donors (Lipinski definition) is 3. The van der Waals surface area contributed by atoms with Crippen LogP contribution in [0.2, 0.25) is 5.02 Å². The van der Waals surface area contributed by atoms with E-state index in [9.17, 15) is 19.1 Å². The van der Waals surface area contributed by atoms with Crippen LogP contribution in [0.5, 0.6) is 5.88 Å². The second-order valence-corrected chi connectivity index (χ2v) is 12.2. The summed E-state index contributed by atoms with van der Waals surface area (Å²) < 4.78 is 30.4. The highest BCUT2D eigenvalue weighted by Gasteiger charge is 2.31. The van der Waals surface area contributed by atoms with E-state index in [2.05, 4.69) is 10.6 Å². The van der Waals surface area contributed by atoms with Crippen molar-refractivity contribution in [3.05, 3.63) is 82.5 Å². The number of nitrogens with one attached hydrogen (secondary N) is 2. The molecule has 4 aromatic rings. The first kappa shape index (κ1) is 30.9. The third kappa shape index (κ3) is 7.07. The molecule has 0 unspecified atom stereocenters. The van der Waals surface area contributed by atoms with E-state index >= 15 is 0 Å². The largest absolute Gasteiger partial charge is 0.478 e. The molecule has 11 heteroatoms. The van der Waals surface area contributed by atoms with Crippen LogP contribution in [0.4, 0.5) is 15.8 Å². The Balaban J connectivity index is 1.04. The molecular formula is C34H35ClFN3O6. The summed E-state index contributed by atoms with van der Waals surface area (Å²) in [5, 5.41) is 16.6. The van der Waals surface area contributed by atoms with Crippen LogP contribution in [0.15, 0.2) is 59.0 Å². The van der Waals surface area contributed by atoms with Crippen LogP contribution in [0, 0.1) is 17.8 Å². The van der Waals surface area contributed by atoms with E-state index < -0.39 is 12.0 Å². The van der Waals surface area contributed by atoms with Crippen molar-refractivity contribution in [1.29, 1.82) is 0 Å². The fraction of sp³-hybridized carbons (Fsp3) is 0.382. The zero-order valence-corrected chi connectivity index (χ0v) is 25.6. The van der Waals surface area contributed by atoms with Gasteiger partial charge in [0.05, 0.1) is 28.1 Å². The molecule has 2 fully saturated rings. The van der Waals surface area contributed by atoms with Crippen molar-refractivity contribution in [1.82, 2.24) is 4.98 Å². The molecule has 1 aliphatic carbocycles. The number of carboxylic acids is 1. The minimum Gasteiger partial charge on any atom is -0.478 e. The van der Waals surface area contributed by atoms with Crippen LogP contribution in [-0.2, 0) is 16.1 Å². The van der Waals surface area contributed by atoms with Gasteiger partial charge in [0, 0.05) is 53.8 Å². The number of carbonyl (C=O) groups excluding carboxylic acids is 1. The highest BCUT2D eigenvalue weighted by molar-refractivity contribution is 6.35. The molecule has 1 saturated heterocycles. The van der Waals surface area contributed by atoms with Crippen molar-refractivity contribution in [2.75, 3.05) is 23.8 Å². The summed E-state index contributed by atoms with van der Waals surface area (Å²) in [6.07, 6.45) is 4.57. The molecule has 45 heavy (non-hydrogen) atoms. The zero-order chi connectivity index (χ0) is 31.5. The Hall–Kier alpha value is -4.15. The number of anilines is 2. The molecule has 1 saturated carbocycles. The van der Waals surface area contributed by atoms with Crippen molar-refractivity contribution in [2.24, 2.45) is 11.8 Å². The van der Waals surface area contributed by atoms with Gasteiger partial charge in [-0.3, -0.25) is 4.79 Å². The lowest BCUT2D eigenvalue weighted by atomic mass is 9.75. The third-order valence-electron chi connectivity index (χ3n) is 8.95. The quantitative estimate of drug-likeness (QED) is 0.154. The Kier molecular flexibility index (Phi) is 9.23. The molecule has 6 rings (SSSR count). The standard InChI is InChI=1S/C34H35ClFN3O6/c1-19(33(40)39-28-12-10-22(34(41)42)15-29(28)37-17-24-13-14-43-24)20-5-7-21(8-6-20)27-3-2-4-31(38-27)44-18-23-9-11-26(35)25-16-30(36)45-32(23)25/h2-4,9-12,15-16,19-21,24,37H,5-8,13-14,17-18H2,1H3,(H,39,40)(H,41,42)/t19-,20?,21?,24-/m0/s1. The van der Waals surface area contributed by atoms with Crippen LogP contribution in [-0.4, -0.2) is 41.2 Å². The first-order valence-corrected chi connectivity index (χ1v) is 15.6. The second-order valence-electron chi connectivity index (χ2n) is 11.8. The number of furan rings is 1. The number of hydrogen-bond acceptors (Lipinski definition) is 7. The highest BCUT2D eigenvalue weighted by atomic mass is 35.5. The number of carbonyl (C=O) groups is 2. The number of aromatic carboxylic acids is 1. The van der Waals surface area contributed by atoms with Gasteiger partial charge in [-0.25, -0.2) is 9.78 Å². The number of fused-ring (bicyclic) bond motifs is 1. The highest BCUT2D eigenvalue weighted by Crippen LogP contribution is 2.39. The maximum atomic E-state index is 13.7. The van der Waals surface area contributed by atoms with Gasteiger partial charge in [0.1, 0.15) is 12.2 Å². The number of amides is 1. The summed E-state index contributed by atoms with van der Waals surface area (Å²) in [4.78, 5) is 29.6. The van der Waals surface area contributed by atoms with Crippen molar-refractivity contribution in [2.45, 2.75) is 57.7 Å². The fourth-order valence-electron chi connectivity index (χ4n) is 6.10. The van der Waals surface area contributed by atoms with E-state index in [0.717, 1.165) is 44.4 Å². The maximum Gasteiger partial charge on any atom is 0.335 e. The average Bonchev–Trinajstić information content (AvgIpc) is 3.43. The summed E-state index contributed by atoms with van der Waals surface area (Å²) in [6.45, 7) is 3.37. The summed E-state index contributed by atoms with van der Waals surface area (Å²) in [7, 11) is 0. The Labute approximate surface area is 265 Å². The number of rotatable bonds is 11. The predicted octanol–water partition coefficient (Wildman–Crippen LogP) is 7.65. The normalized spacial score (nSPS) is 20.3. The number of ether oxygens (including phenoxy) is 2. The van der Waals surface area contributed by atoms with Crippen LogP contribution < -0.4 is 15.4 Å².